The van der Waals surface area contributed by atoms with Gasteiger partial charge in [-0.05, 0) is 33.7 Å². The van der Waals surface area contributed by atoms with E-state index in [-0.39, 0.29) is 13.0 Å². The normalized spacial score (nSPS) is 26.0. The van der Waals surface area contributed by atoms with Crippen LogP contribution < -0.4 is 5.32 Å². The zero-order valence-corrected chi connectivity index (χ0v) is 10.6. The van der Waals surface area contributed by atoms with Crippen molar-refractivity contribution in [2.45, 2.75) is 44.3 Å². The highest BCUT2D eigenvalue weighted by molar-refractivity contribution is 5.80. The molecule has 1 fully saturated rings. The van der Waals surface area contributed by atoms with Crippen LogP contribution in [0.25, 0.3) is 0 Å². The van der Waals surface area contributed by atoms with Crippen molar-refractivity contribution in [2.24, 2.45) is 0 Å². The monoisotopic (exact) mass is 251 g/mol. The summed E-state index contributed by atoms with van der Waals surface area (Å²) in [6.07, 6.45) is 0.0791. The number of nitrogens with one attached hydrogen (secondary N) is 1. The molecule has 0 radical (unpaired) electrons. The Hall–Kier alpha value is -0.750. The maximum Gasteiger partial charge on any atom is 0.380 e. The Morgan fingerprint density at radius 3 is 2.29 bits per heavy atom. The average molecular weight is 251 g/mol. The van der Waals surface area contributed by atoms with Crippen LogP contribution in [0.3, 0.4) is 0 Å². The van der Waals surface area contributed by atoms with Gasteiger partial charge in [-0.15, -0.1) is 0 Å². The molecule has 17 heavy (non-hydrogen) atoms. The molecule has 0 bridgehead atoms. The van der Waals surface area contributed by atoms with Gasteiger partial charge < -0.3 is 14.8 Å². The molecular weight excluding hydrogens is 232 g/mol. The Kier molecular flexibility index (Phi) is 3.78. The molecule has 1 unspecified atom stereocenters. The number of hydrogen-bond acceptors (Lipinski definition) is 4. The van der Waals surface area contributed by atoms with Gasteiger partial charge in [-0.1, -0.05) is 0 Å². The van der Waals surface area contributed by atoms with E-state index in [9.17, 15) is 13.6 Å². The van der Waals surface area contributed by atoms with Crippen molar-refractivity contribution >= 4 is 5.97 Å². The number of hydrogen-bond donors (Lipinski definition) is 1. The van der Waals surface area contributed by atoms with E-state index in [1.54, 1.807) is 20.8 Å². The van der Waals surface area contributed by atoms with Crippen LogP contribution in [0.2, 0.25) is 0 Å². The third-order valence-corrected chi connectivity index (χ3v) is 2.73. The minimum absolute atomic E-state index is 0.0598. The molecule has 1 N–H and O–H groups in total. The molecule has 1 atom stereocenters. The Labute approximate surface area is 99.7 Å². The van der Waals surface area contributed by atoms with Crippen LogP contribution >= 0.6 is 0 Å². The lowest BCUT2D eigenvalue weighted by Crippen LogP contribution is -2.57. The number of ether oxygens (including phenoxy) is 2. The van der Waals surface area contributed by atoms with E-state index in [1.807, 2.05) is 0 Å². The standard InChI is InChI=1S/C11H19F2NO3/c1-9(2,3)17-8(15)11(12,13)10(16-4)5-6-14-7-10/h14H,5-7H2,1-4H3. The molecule has 1 rings (SSSR count). The predicted molar refractivity (Wildman–Crippen MR) is 58.0 cm³/mol. The molecule has 1 heterocycles. The third kappa shape index (κ3) is 2.74. The predicted octanol–water partition coefficient (Wildman–Crippen LogP) is 1.34. The molecule has 4 nitrogen and oxygen atoms in total. The van der Waals surface area contributed by atoms with Crippen molar-refractivity contribution in [3.05, 3.63) is 0 Å². The van der Waals surface area contributed by atoms with Gasteiger partial charge in [-0.25, -0.2) is 4.79 Å². The third-order valence-electron chi connectivity index (χ3n) is 2.73. The van der Waals surface area contributed by atoms with Gasteiger partial charge >= 0.3 is 11.9 Å². The molecule has 6 heteroatoms. The highest BCUT2D eigenvalue weighted by Crippen LogP contribution is 2.38. The first-order valence-electron chi connectivity index (χ1n) is 5.52. The molecule has 0 aromatic rings. The molecular formula is C11H19F2NO3. The maximum absolute atomic E-state index is 14.1. The number of rotatable bonds is 3. The first kappa shape index (κ1) is 14.3. The van der Waals surface area contributed by atoms with Gasteiger partial charge in [-0.3, -0.25) is 0 Å². The lowest BCUT2D eigenvalue weighted by atomic mass is 9.94. The Bertz CT molecular complexity index is 294. The average Bonchev–Trinajstić information content (AvgIpc) is 2.64. The van der Waals surface area contributed by atoms with Gasteiger partial charge in [0.1, 0.15) is 5.60 Å². The van der Waals surface area contributed by atoms with Gasteiger partial charge in [0, 0.05) is 13.7 Å². The van der Waals surface area contributed by atoms with Gasteiger partial charge in [0.05, 0.1) is 0 Å². The smallest absolute Gasteiger partial charge is 0.380 e. The lowest BCUT2D eigenvalue weighted by molar-refractivity contribution is -0.224. The number of esters is 1. The summed E-state index contributed by atoms with van der Waals surface area (Å²) in [7, 11) is 1.19. The van der Waals surface area contributed by atoms with Crippen molar-refractivity contribution in [1.29, 1.82) is 0 Å². The van der Waals surface area contributed by atoms with Crippen LogP contribution in [0.15, 0.2) is 0 Å². The fourth-order valence-corrected chi connectivity index (χ4v) is 1.77. The first-order valence-corrected chi connectivity index (χ1v) is 5.52. The quantitative estimate of drug-likeness (QED) is 0.769. The molecule has 0 amide bonds. The molecule has 1 aliphatic heterocycles. The van der Waals surface area contributed by atoms with Crippen LogP contribution in [-0.2, 0) is 14.3 Å². The summed E-state index contributed by atoms with van der Waals surface area (Å²) in [6, 6.07) is 0. The molecule has 1 aliphatic rings. The molecule has 0 aromatic heterocycles. The summed E-state index contributed by atoms with van der Waals surface area (Å²) in [5.74, 6) is -5.19. The number of carbonyl (C=O) groups excluding carboxylic acids is 1. The molecule has 0 aliphatic carbocycles. The van der Waals surface area contributed by atoms with Crippen molar-refractivity contribution in [3.63, 3.8) is 0 Å². The first-order chi connectivity index (χ1) is 7.65. The van der Waals surface area contributed by atoms with Crippen LogP contribution in [0.4, 0.5) is 8.78 Å². The highest BCUT2D eigenvalue weighted by Gasteiger charge is 2.62. The zero-order chi connectivity index (χ0) is 13.3. The van der Waals surface area contributed by atoms with Crippen molar-refractivity contribution in [2.75, 3.05) is 20.2 Å². The van der Waals surface area contributed by atoms with E-state index in [4.69, 9.17) is 9.47 Å². The number of methoxy groups -OCH3 is 1. The van der Waals surface area contributed by atoms with Gasteiger partial charge in [-0.2, -0.15) is 8.78 Å². The topological polar surface area (TPSA) is 47.6 Å². The molecule has 0 spiro atoms. The van der Waals surface area contributed by atoms with Crippen LogP contribution in [0.5, 0.6) is 0 Å². The molecule has 1 saturated heterocycles. The van der Waals surface area contributed by atoms with Crippen LogP contribution in [0.1, 0.15) is 27.2 Å². The van der Waals surface area contributed by atoms with Crippen molar-refractivity contribution in [3.8, 4) is 0 Å². The van der Waals surface area contributed by atoms with Gasteiger partial charge in [0.15, 0.2) is 5.60 Å². The second-order valence-corrected chi connectivity index (χ2v) is 5.20. The largest absolute Gasteiger partial charge is 0.455 e. The molecule has 100 valence electrons. The number of halogens is 2. The summed E-state index contributed by atoms with van der Waals surface area (Å²) in [6.45, 7) is 4.98. The van der Waals surface area contributed by atoms with E-state index in [0.29, 0.717) is 6.54 Å². The van der Waals surface area contributed by atoms with Crippen molar-refractivity contribution in [1.82, 2.24) is 5.32 Å². The SMILES string of the molecule is COC1(C(F)(F)C(=O)OC(C)(C)C)CCNC1. The lowest BCUT2D eigenvalue weighted by Gasteiger charge is -2.35. The summed E-state index contributed by atoms with van der Waals surface area (Å²) in [5.41, 5.74) is -2.74. The van der Waals surface area contributed by atoms with Crippen LogP contribution in [0, 0.1) is 0 Å². The summed E-state index contributed by atoms with van der Waals surface area (Å²) in [4.78, 5) is 11.6. The van der Waals surface area contributed by atoms with Crippen molar-refractivity contribution < 1.29 is 23.0 Å². The van der Waals surface area contributed by atoms with E-state index < -0.39 is 23.1 Å². The Morgan fingerprint density at radius 1 is 1.35 bits per heavy atom. The van der Waals surface area contributed by atoms with Gasteiger partial charge in [0.25, 0.3) is 0 Å². The fourth-order valence-electron chi connectivity index (χ4n) is 1.77. The second-order valence-electron chi connectivity index (χ2n) is 5.20. The summed E-state index contributed by atoms with van der Waals surface area (Å²) < 4.78 is 37.8. The summed E-state index contributed by atoms with van der Waals surface area (Å²) >= 11 is 0. The number of carbonyl (C=O) groups is 1. The zero-order valence-electron chi connectivity index (χ0n) is 10.6. The Balaban J connectivity index is 2.89. The Morgan fingerprint density at radius 2 is 1.94 bits per heavy atom. The summed E-state index contributed by atoms with van der Waals surface area (Å²) in [5, 5.41) is 2.78. The maximum atomic E-state index is 14.1. The van der Waals surface area contributed by atoms with E-state index in [2.05, 4.69) is 5.32 Å². The minimum atomic E-state index is -3.65. The van der Waals surface area contributed by atoms with E-state index >= 15 is 0 Å². The number of alkyl halides is 2. The molecule has 0 saturated carbocycles. The minimum Gasteiger partial charge on any atom is -0.455 e. The van der Waals surface area contributed by atoms with Gasteiger partial charge in [0.2, 0.25) is 0 Å². The second kappa shape index (κ2) is 4.49. The van der Waals surface area contributed by atoms with Crippen LogP contribution in [-0.4, -0.2) is 43.3 Å². The highest BCUT2D eigenvalue weighted by atomic mass is 19.3. The molecule has 0 aromatic carbocycles. The van der Waals surface area contributed by atoms with E-state index in [1.165, 1.54) is 7.11 Å². The fraction of sp³-hybridized carbons (Fsp3) is 0.909. The van der Waals surface area contributed by atoms with E-state index in [0.717, 1.165) is 0 Å².